The van der Waals surface area contributed by atoms with Gasteiger partial charge in [0.1, 0.15) is 35.6 Å². The summed E-state index contributed by atoms with van der Waals surface area (Å²) in [6, 6.07) is 32.5. The molecule has 7 nitrogen and oxygen atoms in total. The zero-order valence-electron chi connectivity index (χ0n) is 24.7. The predicted molar refractivity (Wildman–Crippen MR) is 184 cm³/mol. The summed E-state index contributed by atoms with van der Waals surface area (Å²) >= 11 is 5.00. The summed E-state index contributed by atoms with van der Waals surface area (Å²) in [5.74, 6) is 0. The van der Waals surface area contributed by atoms with E-state index in [2.05, 4.69) is 58.9 Å². The lowest BCUT2D eigenvalue weighted by Gasteiger charge is -2.11. The Morgan fingerprint density at radius 2 is 1.53 bits per heavy atom. The van der Waals surface area contributed by atoms with Crippen LogP contribution in [0.5, 0.6) is 0 Å². The average molecular weight is 672 g/mol. The zero-order valence-corrected chi connectivity index (χ0v) is 28.0. The van der Waals surface area contributed by atoms with Crippen LogP contribution in [0.15, 0.2) is 118 Å². The molecule has 6 aromatic rings. The highest BCUT2D eigenvalue weighted by Crippen LogP contribution is 2.44. The molecule has 228 valence electrons. The molecule has 0 atom stereocenters. The Bertz CT molecular complexity index is 2310. The molecular formula is C34H29N3O4S4. The largest absolute Gasteiger partial charge is 0.744 e. The molecule has 3 heterocycles. The minimum absolute atomic E-state index is 0.0220. The molecule has 45 heavy (non-hydrogen) atoms. The van der Waals surface area contributed by atoms with Gasteiger partial charge in [-0.2, -0.15) is 4.57 Å². The lowest BCUT2D eigenvalue weighted by atomic mass is 10.2. The Labute approximate surface area is 273 Å². The fraction of sp³-hybridized carbons (Fsp3) is 0.118. The van der Waals surface area contributed by atoms with E-state index in [9.17, 15) is 17.8 Å². The van der Waals surface area contributed by atoms with E-state index < -0.39 is 10.1 Å². The molecule has 0 bridgehead atoms. The molecule has 0 amide bonds. The molecule has 0 saturated carbocycles. The van der Waals surface area contributed by atoms with Crippen molar-refractivity contribution in [3.05, 3.63) is 133 Å². The number of benzene rings is 4. The van der Waals surface area contributed by atoms with E-state index in [0.717, 1.165) is 42.7 Å². The highest BCUT2D eigenvalue weighted by molar-refractivity contribution is 8.08. The van der Waals surface area contributed by atoms with Gasteiger partial charge in [-0.05, 0) is 56.3 Å². The van der Waals surface area contributed by atoms with Gasteiger partial charge < -0.3 is 9.45 Å². The Kier molecular flexibility index (Phi) is 8.80. The molecule has 2 aromatic heterocycles. The van der Waals surface area contributed by atoms with Gasteiger partial charge in [-0.25, -0.2) is 8.42 Å². The van der Waals surface area contributed by atoms with Gasteiger partial charge in [0.05, 0.1) is 22.3 Å². The van der Waals surface area contributed by atoms with Gasteiger partial charge >= 0.3 is 0 Å². The summed E-state index contributed by atoms with van der Waals surface area (Å²) in [4.78, 5) is 17.0. The number of thiazole rings is 2. The molecule has 0 aliphatic carbocycles. The monoisotopic (exact) mass is 671 g/mol. The molecule has 0 fully saturated rings. The minimum atomic E-state index is -4.27. The van der Waals surface area contributed by atoms with Gasteiger partial charge in [-0.3, -0.25) is 9.36 Å². The van der Waals surface area contributed by atoms with Gasteiger partial charge in [0, 0.05) is 18.0 Å². The maximum absolute atomic E-state index is 13.9. The molecule has 1 aliphatic heterocycles. The third-order valence-corrected chi connectivity index (χ3v) is 11.7. The Morgan fingerprint density at radius 1 is 0.867 bits per heavy atom. The van der Waals surface area contributed by atoms with Crippen molar-refractivity contribution in [1.29, 1.82) is 0 Å². The summed E-state index contributed by atoms with van der Waals surface area (Å²) in [5, 5.41) is 2.13. The number of fused-ring (bicyclic) bond motifs is 2. The fourth-order valence-electron chi connectivity index (χ4n) is 5.04. The van der Waals surface area contributed by atoms with Crippen molar-refractivity contribution in [1.82, 2.24) is 4.57 Å². The van der Waals surface area contributed by atoms with Crippen LogP contribution < -0.4 is 24.2 Å². The SMILES string of the molecule is CC[n+]1c(C=c2s/c(=C3\Sc4ccccc4N3C)c(=O)n2-c2ccccc2)sc2ccccc21.Cc1ccc(S(=O)(=O)[O-])cc1. The molecule has 11 heteroatoms. The van der Waals surface area contributed by atoms with Gasteiger partial charge in [0.15, 0.2) is 0 Å². The highest BCUT2D eigenvalue weighted by atomic mass is 32.2. The van der Waals surface area contributed by atoms with Crippen molar-refractivity contribution in [2.45, 2.75) is 30.2 Å². The number of thioether (sulfide) groups is 1. The first-order valence-electron chi connectivity index (χ1n) is 14.1. The van der Waals surface area contributed by atoms with Crippen LogP contribution in [-0.4, -0.2) is 24.6 Å². The molecule has 0 N–H and O–H groups in total. The van der Waals surface area contributed by atoms with Crippen molar-refractivity contribution in [2.75, 3.05) is 11.9 Å². The van der Waals surface area contributed by atoms with Crippen LogP contribution in [0.3, 0.4) is 0 Å². The fourth-order valence-corrected chi connectivity index (χ4v) is 9.14. The molecule has 0 unspecified atom stereocenters. The highest BCUT2D eigenvalue weighted by Gasteiger charge is 2.25. The molecule has 4 aromatic carbocycles. The van der Waals surface area contributed by atoms with E-state index in [1.165, 1.54) is 27.2 Å². The molecule has 1 aliphatic rings. The van der Waals surface area contributed by atoms with E-state index in [-0.39, 0.29) is 10.5 Å². The van der Waals surface area contributed by atoms with Gasteiger partial charge in [0.25, 0.3) is 10.6 Å². The van der Waals surface area contributed by atoms with Crippen LogP contribution >= 0.6 is 34.4 Å². The Morgan fingerprint density at radius 3 is 2.22 bits per heavy atom. The second-order valence-corrected chi connectivity index (χ2v) is 14.7. The van der Waals surface area contributed by atoms with E-state index in [1.54, 1.807) is 46.6 Å². The van der Waals surface area contributed by atoms with Crippen molar-refractivity contribution in [3.63, 3.8) is 0 Å². The number of aromatic nitrogens is 2. The van der Waals surface area contributed by atoms with E-state index in [4.69, 9.17) is 0 Å². The lowest BCUT2D eigenvalue weighted by Crippen LogP contribution is -2.35. The third kappa shape index (κ3) is 6.27. The number of hydrogen-bond donors (Lipinski definition) is 0. The van der Waals surface area contributed by atoms with Crippen LogP contribution in [0, 0.1) is 6.92 Å². The van der Waals surface area contributed by atoms with Gasteiger partial charge in [-0.1, -0.05) is 83.3 Å². The second kappa shape index (κ2) is 12.8. The normalized spacial score (nSPS) is 14.4. The quantitative estimate of drug-likeness (QED) is 0.183. The Balaban J connectivity index is 0.000000276. The maximum atomic E-state index is 13.9. The molecule has 0 radical (unpaired) electrons. The summed E-state index contributed by atoms with van der Waals surface area (Å²) in [5.41, 5.74) is 4.20. The number of hydrogen-bond acceptors (Lipinski definition) is 8. The van der Waals surface area contributed by atoms with Crippen LogP contribution in [0.25, 0.3) is 27.0 Å². The van der Waals surface area contributed by atoms with E-state index >= 15 is 0 Å². The van der Waals surface area contributed by atoms with Crippen LogP contribution in [0.1, 0.15) is 17.5 Å². The molecular weight excluding hydrogens is 643 g/mol. The van der Waals surface area contributed by atoms with Crippen molar-refractivity contribution >= 4 is 71.6 Å². The first kappa shape index (κ1) is 31.0. The number of aryl methyl sites for hydroxylation is 2. The summed E-state index contributed by atoms with van der Waals surface area (Å²) in [7, 11) is -2.23. The van der Waals surface area contributed by atoms with E-state index in [0.29, 0.717) is 0 Å². The number of rotatable bonds is 4. The lowest BCUT2D eigenvalue weighted by molar-refractivity contribution is -0.665. The smallest absolute Gasteiger partial charge is 0.276 e. The van der Waals surface area contributed by atoms with Crippen molar-refractivity contribution in [3.8, 4) is 5.69 Å². The molecule has 7 rings (SSSR count). The van der Waals surface area contributed by atoms with Gasteiger partial charge in [-0.15, -0.1) is 11.3 Å². The number of anilines is 1. The average Bonchev–Trinajstić information content (AvgIpc) is 3.67. The van der Waals surface area contributed by atoms with Gasteiger partial charge in [0.2, 0.25) is 5.52 Å². The summed E-state index contributed by atoms with van der Waals surface area (Å²) in [6.45, 7) is 4.86. The Hall–Kier alpha value is -4.00. The zero-order chi connectivity index (χ0) is 31.7. The van der Waals surface area contributed by atoms with Crippen molar-refractivity contribution < 1.29 is 17.5 Å². The van der Waals surface area contributed by atoms with Crippen LogP contribution in [0.2, 0.25) is 0 Å². The minimum Gasteiger partial charge on any atom is -0.744 e. The van der Waals surface area contributed by atoms with E-state index in [1.807, 2.05) is 61.0 Å². The first-order valence-corrected chi connectivity index (χ1v) is 18.0. The molecule has 0 spiro atoms. The second-order valence-electron chi connectivity index (χ2n) is 10.2. The number of nitrogens with zero attached hydrogens (tertiary/aromatic N) is 3. The number of para-hydroxylation sites is 3. The maximum Gasteiger partial charge on any atom is 0.276 e. The van der Waals surface area contributed by atoms with Crippen LogP contribution in [-0.2, 0) is 16.7 Å². The topological polar surface area (TPSA) is 86.3 Å². The first-order chi connectivity index (χ1) is 21.7. The van der Waals surface area contributed by atoms with Crippen LogP contribution in [0.4, 0.5) is 5.69 Å². The summed E-state index contributed by atoms with van der Waals surface area (Å²) in [6.07, 6.45) is 2.17. The third-order valence-electron chi connectivity index (χ3n) is 7.28. The standard InChI is InChI=1S/C27H22N3OS3.C7H8O3S/c1-3-29-20-14-8-10-16-22(20)32-23(29)17-24-30(18-11-5-4-6-12-18)26(31)25(34-24)27-28(2)19-13-7-9-15-21(19)33-27;1-6-2-4-7(5-3-6)11(8,9)10/h4-17H,3H2,1-2H3;2-5H,1H3,(H,8,9,10)/q+1;/p-1/b27-25-;. The van der Waals surface area contributed by atoms with Crippen molar-refractivity contribution in [2.24, 2.45) is 0 Å². The predicted octanol–water partition coefficient (Wildman–Crippen LogP) is 5.46. The molecule has 0 saturated heterocycles. The summed E-state index contributed by atoms with van der Waals surface area (Å²) < 4.78 is 38.3.